The van der Waals surface area contributed by atoms with Crippen molar-refractivity contribution in [1.82, 2.24) is 5.43 Å². The molecule has 1 aromatic carbocycles. The summed E-state index contributed by atoms with van der Waals surface area (Å²) in [5.41, 5.74) is 9.12. The second kappa shape index (κ2) is 7.58. The Labute approximate surface area is 167 Å². The van der Waals surface area contributed by atoms with Crippen molar-refractivity contribution in [2.24, 2.45) is 10.8 Å². The fourth-order valence-corrected chi connectivity index (χ4v) is 4.50. The Balaban J connectivity index is 1.96. The minimum atomic E-state index is -0.848. The third kappa shape index (κ3) is 3.86. The quantitative estimate of drug-likeness (QED) is 0.755. The molecule has 3 rings (SSSR count). The van der Waals surface area contributed by atoms with Gasteiger partial charge in [-0.3, -0.25) is 0 Å². The van der Waals surface area contributed by atoms with E-state index in [9.17, 15) is 10.1 Å². The van der Waals surface area contributed by atoms with E-state index in [1.54, 1.807) is 25.3 Å². The number of nitrogens with two attached hydrogens (primary N) is 1. The molecule has 0 aromatic heterocycles. The van der Waals surface area contributed by atoms with Gasteiger partial charge in [0.05, 0.1) is 17.2 Å². The Kier molecular flexibility index (Phi) is 5.56. The van der Waals surface area contributed by atoms with Gasteiger partial charge in [0.1, 0.15) is 5.71 Å². The van der Waals surface area contributed by atoms with E-state index in [-0.39, 0.29) is 11.6 Å². The molecule has 1 saturated carbocycles. The summed E-state index contributed by atoms with van der Waals surface area (Å²) < 4.78 is 12.4. The van der Waals surface area contributed by atoms with Crippen LogP contribution in [-0.4, -0.2) is 36.2 Å². The van der Waals surface area contributed by atoms with Gasteiger partial charge in [0.15, 0.2) is 5.60 Å². The highest BCUT2D eigenvalue weighted by Crippen LogP contribution is 2.44. The minimum Gasteiger partial charge on any atom is -0.435 e. The lowest BCUT2D eigenvalue weighted by atomic mass is 9.70. The number of carbonyl (C=O) groups is 1. The van der Waals surface area contributed by atoms with Crippen LogP contribution in [0.15, 0.2) is 27.8 Å². The minimum absolute atomic E-state index is 0.0177. The predicted octanol–water partition coefficient (Wildman–Crippen LogP) is 3.20. The fourth-order valence-electron chi connectivity index (χ4n) is 4.06. The van der Waals surface area contributed by atoms with Crippen LogP contribution < -0.4 is 11.2 Å². The maximum Gasteiger partial charge on any atom is 0.428 e. The van der Waals surface area contributed by atoms with Gasteiger partial charge in [-0.05, 0) is 57.2 Å². The molecule has 144 valence electrons. The summed E-state index contributed by atoms with van der Waals surface area (Å²) in [4.78, 5) is 12.0. The van der Waals surface area contributed by atoms with Gasteiger partial charge in [-0.25, -0.2) is 10.2 Å². The van der Waals surface area contributed by atoms with Crippen LogP contribution in [0, 0.1) is 11.3 Å². The largest absolute Gasteiger partial charge is 0.435 e. The second-order valence-corrected chi connectivity index (χ2v) is 8.19. The Morgan fingerprint density at radius 1 is 1.44 bits per heavy atom. The lowest BCUT2D eigenvalue weighted by molar-refractivity contribution is -0.0887. The smallest absolute Gasteiger partial charge is 0.428 e. The number of halogens is 1. The van der Waals surface area contributed by atoms with E-state index in [1.807, 2.05) is 6.92 Å². The topological polar surface area (TPSA) is 110 Å². The van der Waals surface area contributed by atoms with Crippen molar-refractivity contribution in [3.8, 4) is 6.07 Å². The van der Waals surface area contributed by atoms with E-state index in [0.717, 1.165) is 16.5 Å². The molecule has 1 heterocycles. The molecule has 3 N–H and O–H groups in total. The number of nitrogens with one attached hydrogen (secondary N) is 1. The summed E-state index contributed by atoms with van der Waals surface area (Å²) in [6, 6.07) is 7.44. The van der Waals surface area contributed by atoms with Crippen LogP contribution in [-0.2, 0) is 9.47 Å². The van der Waals surface area contributed by atoms with Gasteiger partial charge >= 0.3 is 6.09 Å². The number of nitriles is 1. The second-order valence-electron chi connectivity index (χ2n) is 7.33. The van der Waals surface area contributed by atoms with Crippen molar-refractivity contribution in [3.05, 3.63) is 33.8 Å². The van der Waals surface area contributed by atoms with Crippen LogP contribution >= 0.6 is 15.9 Å². The van der Waals surface area contributed by atoms with Gasteiger partial charge in [-0.15, -0.1) is 0 Å². The third-order valence-corrected chi connectivity index (χ3v) is 6.12. The molecule has 0 radical (unpaired) electrons. The molecule has 1 spiro atoms. The fraction of sp³-hybridized carbons (Fsp3) is 0.526. The summed E-state index contributed by atoms with van der Waals surface area (Å²) in [7, 11) is 1.71. The number of amides is 1. The zero-order chi connectivity index (χ0) is 19.7. The van der Waals surface area contributed by atoms with Crippen LogP contribution in [0.3, 0.4) is 0 Å². The number of methoxy groups -OCH3 is 1. The van der Waals surface area contributed by atoms with E-state index >= 15 is 0 Å². The van der Waals surface area contributed by atoms with Crippen LogP contribution in [0.1, 0.15) is 50.2 Å². The van der Waals surface area contributed by atoms with E-state index in [0.29, 0.717) is 37.0 Å². The monoisotopic (exact) mass is 434 g/mol. The van der Waals surface area contributed by atoms with Crippen molar-refractivity contribution in [2.45, 2.75) is 56.3 Å². The molecule has 1 atom stereocenters. The maximum absolute atomic E-state index is 12.0. The molecule has 8 heteroatoms. The van der Waals surface area contributed by atoms with Crippen molar-refractivity contribution >= 4 is 27.7 Å². The highest BCUT2D eigenvalue weighted by atomic mass is 79.9. The van der Waals surface area contributed by atoms with Crippen molar-refractivity contribution in [1.29, 1.82) is 5.26 Å². The Morgan fingerprint density at radius 3 is 2.74 bits per heavy atom. The molecule has 1 aliphatic carbocycles. The van der Waals surface area contributed by atoms with Crippen molar-refractivity contribution in [2.75, 3.05) is 7.11 Å². The van der Waals surface area contributed by atoms with Crippen LogP contribution in [0.2, 0.25) is 0 Å². The number of benzene rings is 1. The van der Waals surface area contributed by atoms with E-state index in [4.69, 9.17) is 15.2 Å². The van der Waals surface area contributed by atoms with Gasteiger partial charge in [-0.2, -0.15) is 10.4 Å². The lowest BCUT2D eigenvalue weighted by Crippen LogP contribution is -2.56. The molecule has 1 aliphatic heterocycles. The van der Waals surface area contributed by atoms with Gasteiger partial charge in [-0.1, -0.05) is 15.9 Å². The Bertz CT molecular complexity index is 808. The number of carbonyl (C=O) groups excluding carboxylic acids is 1. The van der Waals surface area contributed by atoms with E-state index < -0.39 is 11.7 Å². The van der Waals surface area contributed by atoms with Gasteiger partial charge in [0.2, 0.25) is 0 Å². The number of rotatable bonds is 4. The molecule has 1 fully saturated rings. The first kappa shape index (κ1) is 19.8. The van der Waals surface area contributed by atoms with E-state index in [2.05, 4.69) is 32.5 Å². The summed E-state index contributed by atoms with van der Waals surface area (Å²) in [5, 5.41) is 13.6. The normalized spacial score (nSPS) is 28.7. The molecule has 27 heavy (non-hydrogen) atoms. The van der Waals surface area contributed by atoms with Gasteiger partial charge < -0.3 is 15.2 Å². The highest BCUT2D eigenvalue weighted by molar-refractivity contribution is 9.10. The first-order valence-corrected chi connectivity index (χ1v) is 9.70. The Morgan fingerprint density at radius 2 is 2.15 bits per heavy atom. The molecule has 2 aliphatic rings. The molecule has 1 aromatic rings. The molecular weight excluding hydrogens is 412 g/mol. The molecule has 1 unspecified atom stereocenters. The lowest BCUT2D eigenvalue weighted by Gasteiger charge is -2.47. The molecule has 7 nitrogen and oxygen atoms in total. The number of hydrogen-bond acceptors (Lipinski definition) is 6. The van der Waals surface area contributed by atoms with Gasteiger partial charge in [0, 0.05) is 23.2 Å². The van der Waals surface area contributed by atoms with Crippen LogP contribution in [0.4, 0.5) is 4.79 Å². The van der Waals surface area contributed by atoms with Gasteiger partial charge in [0.25, 0.3) is 0 Å². The van der Waals surface area contributed by atoms with Crippen LogP contribution in [0.25, 0.3) is 0 Å². The summed E-state index contributed by atoms with van der Waals surface area (Å²) in [5.74, 6) is 0. The highest BCUT2D eigenvalue weighted by Gasteiger charge is 2.51. The summed E-state index contributed by atoms with van der Waals surface area (Å²) in [6.07, 6.45) is 2.72. The van der Waals surface area contributed by atoms with Crippen LogP contribution in [0.5, 0.6) is 0 Å². The standard InChI is InChI=1S/C19H23BrN4O3/c1-12(22)10-18(26-2)5-7-19(8-6-18)16(23-24-17(25)27-19)14-9-13(11-21)3-4-15(14)20/h3-4,9,12H,5-8,10,22H2,1-2H3,(H,24,25). The van der Waals surface area contributed by atoms with Crippen molar-refractivity contribution in [3.63, 3.8) is 0 Å². The third-order valence-electron chi connectivity index (χ3n) is 5.43. The predicted molar refractivity (Wildman–Crippen MR) is 104 cm³/mol. The first-order valence-electron chi connectivity index (χ1n) is 8.91. The number of hydrogen-bond donors (Lipinski definition) is 2. The average molecular weight is 435 g/mol. The molecule has 0 saturated heterocycles. The molecule has 0 bridgehead atoms. The SMILES string of the molecule is COC1(CC(C)N)CCC2(CC1)OC(=O)NN=C2c1cc(C#N)ccc1Br. The maximum atomic E-state index is 12.0. The number of hydrazone groups is 1. The zero-order valence-corrected chi connectivity index (χ0v) is 17.0. The zero-order valence-electron chi connectivity index (χ0n) is 15.4. The molecular formula is C19H23BrN4O3. The number of nitrogens with zero attached hydrogens (tertiary/aromatic N) is 2. The average Bonchev–Trinajstić information content (AvgIpc) is 2.64. The summed E-state index contributed by atoms with van der Waals surface area (Å²) in [6.45, 7) is 1.97. The Hall–Kier alpha value is -1.95. The summed E-state index contributed by atoms with van der Waals surface area (Å²) >= 11 is 3.53. The number of ether oxygens (including phenoxy) is 2. The van der Waals surface area contributed by atoms with Crippen molar-refractivity contribution < 1.29 is 14.3 Å². The first-order chi connectivity index (χ1) is 12.8. The van der Waals surface area contributed by atoms with E-state index in [1.165, 1.54) is 0 Å². The molecule has 1 amide bonds.